The van der Waals surface area contributed by atoms with Crippen LogP contribution >= 0.6 is 0 Å². The highest BCUT2D eigenvalue weighted by Crippen LogP contribution is 2.15. The van der Waals surface area contributed by atoms with Gasteiger partial charge in [-0.05, 0) is 77.0 Å². The van der Waals surface area contributed by atoms with E-state index >= 15 is 0 Å². The molecule has 0 spiro atoms. The minimum Gasteiger partial charge on any atom is -0.466 e. The average molecular weight is 748 g/mol. The number of carbonyl (C=O) groups excluding carboxylic acids is 2. The summed E-state index contributed by atoms with van der Waals surface area (Å²) in [5, 5.41) is 23.1. The molecular formula is C47H89NO5. The Morgan fingerprint density at radius 3 is 1.40 bits per heavy atom. The summed E-state index contributed by atoms with van der Waals surface area (Å²) in [6.45, 7) is 4.84. The number of esters is 1. The molecule has 0 radical (unpaired) electrons. The number of nitrogens with one attached hydrogen (secondary N) is 1. The monoisotopic (exact) mass is 748 g/mol. The first-order valence-electron chi connectivity index (χ1n) is 23.1. The highest BCUT2D eigenvalue weighted by molar-refractivity contribution is 5.76. The van der Waals surface area contributed by atoms with E-state index in [1.165, 1.54) is 128 Å². The molecule has 3 N–H and O–H groups in total. The smallest absolute Gasteiger partial charge is 0.305 e. The fourth-order valence-electron chi connectivity index (χ4n) is 6.85. The summed E-state index contributed by atoms with van der Waals surface area (Å²) in [5.41, 5.74) is 0. The summed E-state index contributed by atoms with van der Waals surface area (Å²) in [7, 11) is 0. The van der Waals surface area contributed by atoms with Crippen molar-refractivity contribution in [3.05, 3.63) is 24.3 Å². The van der Waals surface area contributed by atoms with Crippen LogP contribution in [0, 0.1) is 0 Å². The van der Waals surface area contributed by atoms with Gasteiger partial charge in [-0.15, -0.1) is 0 Å². The molecule has 0 heterocycles. The molecule has 0 aliphatic heterocycles. The van der Waals surface area contributed by atoms with Gasteiger partial charge in [0, 0.05) is 12.8 Å². The number of allylic oxidation sites excluding steroid dienone is 4. The van der Waals surface area contributed by atoms with Crippen molar-refractivity contribution in [2.24, 2.45) is 0 Å². The highest BCUT2D eigenvalue weighted by Gasteiger charge is 2.20. The van der Waals surface area contributed by atoms with E-state index in [4.69, 9.17) is 4.74 Å². The number of aliphatic hydroxyl groups is 2. The number of rotatable bonds is 42. The van der Waals surface area contributed by atoms with Gasteiger partial charge >= 0.3 is 5.97 Å². The molecule has 0 bridgehead atoms. The molecule has 0 aliphatic rings. The Morgan fingerprint density at radius 2 is 0.906 bits per heavy atom. The highest BCUT2D eigenvalue weighted by atomic mass is 16.5. The minimum absolute atomic E-state index is 0.0345. The number of aliphatic hydroxyl groups excluding tert-OH is 2. The third-order valence-corrected chi connectivity index (χ3v) is 10.5. The van der Waals surface area contributed by atoms with Crippen LogP contribution in [0.15, 0.2) is 24.3 Å². The van der Waals surface area contributed by atoms with E-state index < -0.39 is 12.1 Å². The summed E-state index contributed by atoms with van der Waals surface area (Å²) in [4.78, 5) is 24.3. The van der Waals surface area contributed by atoms with Gasteiger partial charge in [0.25, 0.3) is 0 Å². The molecule has 0 fully saturated rings. The summed E-state index contributed by atoms with van der Waals surface area (Å²) >= 11 is 0. The van der Waals surface area contributed by atoms with E-state index in [1.807, 2.05) is 0 Å². The SMILES string of the molecule is CCCC/C=C\CCCCCCCC(=O)OCCCCC/C=C\CCCCCCCC(=O)NC(CO)C(O)CCCCCCCCCCCCCCC. The molecular weight excluding hydrogens is 659 g/mol. The fourth-order valence-corrected chi connectivity index (χ4v) is 6.85. The zero-order valence-corrected chi connectivity index (χ0v) is 35.2. The maximum atomic E-state index is 12.4. The van der Waals surface area contributed by atoms with Gasteiger partial charge in [-0.1, -0.05) is 173 Å². The van der Waals surface area contributed by atoms with Crippen LogP contribution in [0.4, 0.5) is 0 Å². The van der Waals surface area contributed by atoms with Crippen molar-refractivity contribution >= 4 is 11.9 Å². The van der Waals surface area contributed by atoms with Gasteiger partial charge in [-0.2, -0.15) is 0 Å². The fraction of sp³-hybridized carbons (Fsp3) is 0.872. The molecule has 2 atom stereocenters. The Balaban J connectivity index is 3.53. The zero-order valence-electron chi connectivity index (χ0n) is 35.2. The van der Waals surface area contributed by atoms with E-state index in [1.54, 1.807) is 0 Å². The molecule has 0 saturated heterocycles. The molecule has 0 rings (SSSR count). The molecule has 0 aromatic rings. The lowest BCUT2D eigenvalue weighted by atomic mass is 10.0. The van der Waals surface area contributed by atoms with Gasteiger partial charge in [0.15, 0.2) is 0 Å². The predicted molar refractivity (Wildman–Crippen MR) is 227 cm³/mol. The van der Waals surface area contributed by atoms with Crippen LogP contribution in [-0.4, -0.2) is 47.4 Å². The molecule has 0 aromatic heterocycles. The van der Waals surface area contributed by atoms with Crippen molar-refractivity contribution in [2.75, 3.05) is 13.2 Å². The summed E-state index contributed by atoms with van der Waals surface area (Å²) in [6.07, 6.45) is 48.5. The molecule has 6 heteroatoms. The Kier molecular flexibility index (Phi) is 41.7. The second-order valence-corrected chi connectivity index (χ2v) is 15.7. The first-order valence-corrected chi connectivity index (χ1v) is 23.1. The Hall–Kier alpha value is -1.66. The van der Waals surface area contributed by atoms with Crippen LogP contribution in [0.5, 0.6) is 0 Å². The van der Waals surface area contributed by atoms with Crippen LogP contribution in [0.25, 0.3) is 0 Å². The topological polar surface area (TPSA) is 95.9 Å². The van der Waals surface area contributed by atoms with Crippen molar-refractivity contribution in [2.45, 2.75) is 251 Å². The first-order chi connectivity index (χ1) is 26.0. The summed E-state index contributed by atoms with van der Waals surface area (Å²) in [6, 6.07) is -0.559. The van der Waals surface area contributed by atoms with Crippen molar-refractivity contribution < 1.29 is 24.5 Å². The minimum atomic E-state index is -0.679. The number of carbonyl (C=O) groups is 2. The van der Waals surface area contributed by atoms with Crippen LogP contribution in [0.3, 0.4) is 0 Å². The summed E-state index contributed by atoms with van der Waals surface area (Å²) in [5.74, 6) is -0.0970. The quantitative estimate of drug-likeness (QED) is 0.0328. The maximum Gasteiger partial charge on any atom is 0.305 e. The lowest BCUT2D eigenvalue weighted by Gasteiger charge is -2.22. The van der Waals surface area contributed by atoms with E-state index in [9.17, 15) is 19.8 Å². The van der Waals surface area contributed by atoms with E-state index in [0.717, 1.165) is 77.0 Å². The number of hydrogen-bond acceptors (Lipinski definition) is 5. The van der Waals surface area contributed by atoms with E-state index in [2.05, 4.69) is 43.5 Å². The standard InChI is InChI=1S/C47H89NO5/c1-3-5-7-9-11-13-15-16-20-23-27-31-35-39-45(50)44(43-49)48-46(51)40-36-32-28-24-21-17-18-22-26-30-34-38-42-53-47(52)41-37-33-29-25-19-14-12-10-8-6-4-2/h10,12,18,22,44-45,49-50H,3-9,11,13-17,19-21,23-43H2,1-2H3,(H,48,51)/b12-10-,22-18-. The second kappa shape index (κ2) is 43.1. The van der Waals surface area contributed by atoms with Crippen LogP contribution in [-0.2, 0) is 14.3 Å². The van der Waals surface area contributed by atoms with Gasteiger partial charge in [0.2, 0.25) is 5.91 Å². The Labute approximate surface area is 329 Å². The zero-order chi connectivity index (χ0) is 38.7. The van der Waals surface area contributed by atoms with E-state index in [0.29, 0.717) is 25.9 Å². The van der Waals surface area contributed by atoms with Crippen molar-refractivity contribution in [1.29, 1.82) is 0 Å². The predicted octanol–water partition coefficient (Wildman–Crippen LogP) is 13.2. The van der Waals surface area contributed by atoms with Crippen LogP contribution < -0.4 is 5.32 Å². The Morgan fingerprint density at radius 1 is 0.509 bits per heavy atom. The molecule has 2 unspecified atom stereocenters. The molecule has 0 aliphatic carbocycles. The third kappa shape index (κ3) is 39.8. The van der Waals surface area contributed by atoms with E-state index in [-0.39, 0.29) is 18.5 Å². The van der Waals surface area contributed by atoms with Crippen molar-refractivity contribution in [3.8, 4) is 0 Å². The largest absolute Gasteiger partial charge is 0.466 e. The molecule has 312 valence electrons. The van der Waals surface area contributed by atoms with Gasteiger partial charge < -0.3 is 20.3 Å². The lowest BCUT2D eigenvalue weighted by molar-refractivity contribution is -0.143. The maximum absolute atomic E-state index is 12.4. The molecule has 1 amide bonds. The lowest BCUT2D eigenvalue weighted by Crippen LogP contribution is -2.45. The number of unbranched alkanes of at least 4 members (excludes halogenated alkanes) is 27. The van der Waals surface area contributed by atoms with Gasteiger partial charge in [0.1, 0.15) is 0 Å². The van der Waals surface area contributed by atoms with Crippen LogP contribution in [0.2, 0.25) is 0 Å². The first kappa shape index (κ1) is 51.3. The van der Waals surface area contributed by atoms with Gasteiger partial charge in [0.05, 0.1) is 25.4 Å². The molecule has 0 saturated carbocycles. The van der Waals surface area contributed by atoms with Crippen molar-refractivity contribution in [3.63, 3.8) is 0 Å². The molecule has 53 heavy (non-hydrogen) atoms. The molecule has 0 aromatic carbocycles. The number of hydrogen-bond donors (Lipinski definition) is 3. The number of amides is 1. The summed E-state index contributed by atoms with van der Waals surface area (Å²) < 4.78 is 5.41. The van der Waals surface area contributed by atoms with Crippen molar-refractivity contribution in [1.82, 2.24) is 5.32 Å². The third-order valence-electron chi connectivity index (χ3n) is 10.5. The van der Waals surface area contributed by atoms with Crippen LogP contribution in [0.1, 0.15) is 239 Å². The average Bonchev–Trinajstić information content (AvgIpc) is 3.16. The Bertz CT molecular complexity index is 828. The number of ether oxygens (including phenoxy) is 1. The second-order valence-electron chi connectivity index (χ2n) is 15.7. The van der Waals surface area contributed by atoms with Gasteiger partial charge in [-0.3, -0.25) is 9.59 Å². The normalized spacial score (nSPS) is 12.9. The van der Waals surface area contributed by atoms with Gasteiger partial charge in [-0.25, -0.2) is 0 Å². The molecule has 6 nitrogen and oxygen atoms in total.